The van der Waals surface area contributed by atoms with Crippen LogP contribution in [0.25, 0.3) is 0 Å². The number of methoxy groups -OCH3 is 2. The number of nitrogens with zero attached hydrogens (tertiary/aromatic N) is 2. The lowest BCUT2D eigenvalue weighted by Crippen LogP contribution is -2.31. The summed E-state index contributed by atoms with van der Waals surface area (Å²) in [5, 5.41) is 2.95. The fourth-order valence-corrected chi connectivity index (χ4v) is 3.36. The van der Waals surface area contributed by atoms with Crippen molar-refractivity contribution in [2.45, 2.75) is 33.2 Å². The van der Waals surface area contributed by atoms with Gasteiger partial charge in [0.25, 0.3) is 5.91 Å². The van der Waals surface area contributed by atoms with E-state index < -0.39 is 0 Å². The molecule has 3 rings (SSSR count). The Labute approximate surface area is 166 Å². The van der Waals surface area contributed by atoms with Gasteiger partial charge in [-0.25, -0.2) is 4.98 Å². The monoisotopic (exact) mass is 383 g/mol. The van der Waals surface area contributed by atoms with Gasteiger partial charge in [-0.05, 0) is 54.2 Å². The SMILES string of the molecule is COc1cc2c(cc1OC)CN(c1ccc(C(=O)NCCC(C)C)cn1)CC2. The first kappa shape index (κ1) is 20.0. The van der Waals surface area contributed by atoms with Crippen LogP contribution in [0.5, 0.6) is 11.5 Å². The maximum Gasteiger partial charge on any atom is 0.252 e. The molecular weight excluding hydrogens is 354 g/mol. The molecule has 0 bridgehead atoms. The van der Waals surface area contributed by atoms with E-state index in [2.05, 4.69) is 35.1 Å². The highest BCUT2D eigenvalue weighted by Crippen LogP contribution is 2.34. The Bertz CT molecular complexity index is 819. The Morgan fingerprint density at radius 1 is 1.18 bits per heavy atom. The highest BCUT2D eigenvalue weighted by molar-refractivity contribution is 5.94. The summed E-state index contributed by atoms with van der Waals surface area (Å²) in [6.45, 7) is 6.60. The summed E-state index contributed by atoms with van der Waals surface area (Å²) in [5.41, 5.74) is 3.08. The molecule has 0 aliphatic carbocycles. The fraction of sp³-hybridized carbons (Fsp3) is 0.455. The Hall–Kier alpha value is -2.76. The molecule has 0 saturated heterocycles. The van der Waals surface area contributed by atoms with Crippen LogP contribution in [-0.2, 0) is 13.0 Å². The van der Waals surface area contributed by atoms with Crippen LogP contribution in [-0.4, -0.2) is 38.2 Å². The summed E-state index contributed by atoms with van der Waals surface area (Å²) >= 11 is 0. The van der Waals surface area contributed by atoms with Gasteiger partial charge in [0.2, 0.25) is 0 Å². The van der Waals surface area contributed by atoms with E-state index in [9.17, 15) is 4.79 Å². The van der Waals surface area contributed by atoms with Crippen molar-refractivity contribution in [2.24, 2.45) is 5.92 Å². The molecule has 6 heteroatoms. The smallest absolute Gasteiger partial charge is 0.252 e. The number of pyridine rings is 1. The number of carbonyl (C=O) groups excluding carboxylic acids is 1. The Balaban J connectivity index is 1.68. The van der Waals surface area contributed by atoms with Crippen LogP contribution in [0.3, 0.4) is 0 Å². The summed E-state index contributed by atoms with van der Waals surface area (Å²) in [6.07, 6.45) is 3.54. The third-order valence-electron chi connectivity index (χ3n) is 5.06. The van der Waals surface area contributed by atoms with Gasteiger partial charge in [-0.2, -0.15) is 0 Å². The van der Waals surface area contributed by atoms with E-state index in [4.69, 9.17) is 9.47 Å². The van der Waals surface area contributed by atoms with Crippen molar-refractivity contribution in [1.29, 1.82) is 0 Å². The molecule has 0 atom stereocenters. The second kappa shape index (κ2) is 8.95. The van der Waals surface area contributed by atoms with Gasteiger partial charge in [0.1, 0.15) is 5.82 Å². The van der Waals surface area contributed by atoms with Crippen molar-refractivity contribution in [3.63, 3.8) is 0 Å². The molecule has 1 aromatic heterocycles. The summed E-state index contributed by atoms with van der Waals surface area (Å²) in [6, 6.07) is 7.86. The lowest BCUT2D eigenvalue weighted by atomic mass is 9.98. The molecule has 1 aliphatic rings. The summed E-state index contributed by atoms with van der Waals surface area (Å²) < 4.78 is 10.8. The zero-order chi connectivity index (χ0) is 20.1. The molecule has 1 aliphatic heterocycles. The third kappa shape index (κ3) is 4.55. The first-order valence-corrected chi connectivity index (χ1v) is 9.74. The molecule has 0 fully saturated rings. The Kier molecular flexibility index (Phi) is 6.39. The van der Waals surface area contributed by atoms with E-state index in [0.717, 1.165) is 43.2 Å². The molecule has 1 aromatic carbocycles. The average molecular weight is 383 g/mol. The second-order valence-corrected chi connectivity index (χ2v) is 7.49. The van der Waals surface area contributed by atoms with Crippen LogP contribution in [0.2, 0.25) is 0 Å². The maximum absolute atomic E-state index is 12.2. The number of fused-ring (bicyclic) bond motifs is 1. The summed E-state index contributed by atoms with van der Waals surface area (Å²) in [4.78, 5) is 19.0. The molecule has 2 aromatic rings. The third-order valence-corrected chi connectivity index (χ3v) is 5.06. The molecule has 0 spiro atoms. The minimum Gasteiger partial charge on any atom is -0.493 e. The standard InChI is InChI=1S/C22H29N3O3/c1-15(2)7-9-23-22(26)17-5-6-21(24-13-17)25-10-8-16-11-19(27-3)20(28-4)12-18(16)14-25/h5-6,11-13,15H,7-10,14H2,1-4H3,(H,23,26). The van der Waals surface area contributed by atoms with E-state index in [0.29, 0.717) is 18.0 Å². The van der Waals surface area contributed by atoms with E-state index >= 15 is 0 Å². The first-order valence-electron chi connectivity index (χ1n) is 9.74. The molecule has 1 N–H and O–H groups in total. The van der Waals surface area contributed by atoms with Gasteiger partial charge in [0.15, 0.2) is 11.5 Å². The van der Waals surface area contributed by atoms with Gasteiger partial charge in [-0.1, -0.05) is 13.8 Å². The lowest BCUT2D eigenvalue weighted by molar-refractivity contribution is 0.0951. The Morgan fingerprint density at radius 3 is 2.50 bits per heavy atom. The van der Waals surface area contributed by atoms with Gasteiger partial charge >= 0.3 is 0 Å². The van der Waals surface area contributed by atoms with Crippen molar-refractivity contribution in [2.75, 3.05) is 32.2 Å². The van der Waals surface area contributed by atoms with Crippen molar-refractivity contribution in [3.05, 3.63) is 47.2 Å². The summed E-state index contributed by atoms with van der Waals surface area (Å²) in [5.74, 6) is 2.88. The van der Waals surface area contributed by atoms with Gasteiger partial charge in [0, 0.05) is 25.8 Å². The number of benzene rings is 1. The first-order chi connectivity index (χ1) is 13.5. The number of carbonyl (C=O) groups is 1. The van der Waals surface area contributed by atoms with E-state index in [1.54, 1.807) is 20.4 Å². The predicted molar refractivity (Wildman–Crippen MR) is 110 cm³/mol. The highest BCUT2D eigenvalue weighted by atomic mass is 16.5. The van der Waals surface area contributed by atoms with Gasteiger partial charge in [0.05, 0.1) is 19.8 Å². The lowest BCUT2D eigenvalue weighted by Gasteiger charge is -2.30. The van der Waals surface area contributed by atoms with Crippen LogP contribution in [0.1, 0.15) is 41.8 Å². The number of hydrogen-bond acceptors (Lipinski definition) is 5. The molecule has 0 unspecified atom stereocenters. The van der Waals surface area contributed by atoms with Gasteiger partial charge < -0.3 is 19.7 Å². The fourth-order valence-electron chi connectivity index (χ4n) is 3.36. The number of rotatable bonds is 7. The number of amides is 1. The van der Waals surface area contributed by atoms with Crippen molar-refractivity contribution >= 4 is 11.7 Å². The van der Waals surface area contributed by atoms with Crippen molar-refractivity contribution < 1.29 is 14.3 Å². The number of nitrogens with one attached hydrogen (secondary N) is 1. The molecule has 0 saturated carbocycles. The highest BCUT2D eigenvalue weighted by Gasteiger charge is 2.20. The number of ether oxygens (including phenoxy) is 2. The minimum atomic E-state index is -0.0690. The van der Waals surface area contributed by atoms with Crippen LogP contribution in [0.15, 0.2) is 30.5 Å². The topological polar surface area (TPSA) is 63.7 Å². The molecule has 150 valence electrons. The largest absolute Gasteiger partial charge is 0.493 e. The summed E-state index contributed by atoms with van der Waals surface area (Å²) in [7, 11) is 3.31. The van der Waals surface area contributed by atoms with Crippen LogP contribution >= 0.6 is 0 Å². The molecule has 1 amide bonds. The predicted octanol–water partition coefficient (Wildman–Crippen LogP) is 3.44. The van der Waals surface area contributed by atoms with Gasteiger partial charge in [-0.3, -0.25) is 4.79 Å². The molecule has 6 nitrogen and oxygen atoms in total. The maximum atomic E-state index is 12.2. The molecule has 28 heavy (non-hydrogen) atoms. The molecule has 0 radical (unpaired) electrons. The minimum absolute atomic E-state index is 0.0690. The Morgan fingerprint density at radius 2 is 1.89 bits per heavy atom. The zero-order valence-electron chi connectivity index (χ0n) is 17.1. The van der Waals surface area contributed by atoms with Crippen LogP contribution in [0, 0.1) is 5.92 Å². The number of anilines is 1. The van der Waals surface area contributed by atoms with Gasteiger partial charge in [-0.15, -0.1) is 0 Å². The molecular formula is C22H29N3O3. The molecule has 2 heterocycles. The van der Waals surface area contributed by atoms with E-state index in [1.165, 1.54) is 11.1 Å². The van der Waals surface area contributed by atoms with E-state index in [1.807, 2.05) is 18.2 Å². The normalized spacial score (nSPS) is 13.2. The van der Waals surface area contributed by atoms with Crippen molar-refractivity contribution in [1.82, 2.24) is 10.3 Å². The van der Waals surface area contributed by atoms with Crippen molar-refractivity contribution in [3.8, 4) is 11.5 Å². The second-order valence-electron chi connectivity index (χ2n) is 7.49. The van der Waals surface area contributed by atoms with E-state index in [-0.39, 0.29) is 5.91 Å². The van der Waals surface area contributed by atoms with Crippen LogP contribution in [0.4, 0.5) is 5.82 Å². The zero-order valence-corrected chi connectivity index (χ0v) is 17.1. The van der Waals surface area contributed by atoms with Crippen LogP contribution < -0.4 is 19.7 Å². The quantitative estimate of drug-likeness (QED) is 0.794. The number of aromatic nitrogens is 1. The number of hydrogen-bond donors (Lipinski definition) is 1. The average Bonchev–Trinajstić information content (AvgIpc) is 2.72.